The Bertz CT molecular complexity index is 1730. The molecule has 0 bridgehead atoms. The Morgan fingerprint density at radius 2 is 1.80 bits per heavy atom. The fourth-order valence-corrected chi connectivity index (χ4v) is 6.03. The van der Waals surface area contributed by atoms with E-state index < -0.39 is 5.60 Å². The lowest BCUT2D eigenvalue weighted by Crippen LogP contribution is -2.39. The second kappa shape index (κ2) is 12.4. The average Bonchev–Trinajstić information content (AvgIpc) is 3.42. The van der Waals surface area contributed by atoms with Crippen molar-refractivity contribution in [3.8, 4) is 12.1 Å². The number of oxime groups is 1. The highest BCUT2D eigenvalue weighted by Crippen LogP contribution is 2.35. The molecule has 1 N–H and O–H groups in total. The number of carbonyl (C=O) groups is 1. The van der Waals surface area contributed by atoms with Gasteiger partial charge in [-0.25, -0.2) is 9.78 Å². The van der Waals surface area contributed by atoms with Crippen molar-refractivity contribution in [3.63, 3.8) is 0 Å². The summed E-state index contributed by atoms with van der Waals surface area (Å²) < 4.78 is 1.42. The Hall–Kier alpha value is -4.90. The third-order valence-corrected chi connectivity index (χ3v) is 8.41. The number of urea groups is 1. The fourth-order valence-electron chi connectivity index (χ4n) is 6.03. The highest BCUT2D eigenvalue weighted by atomic mass is 16.6. The first-order valence-corrected chi connectivity index (χ1v) is 15.0. The largest absolute Gasteiger partial charge is 0.390 e. The second-order valence-electron chi connectivity index (χ2n) is 12.5. The van der Waals surface area contributed by atoms with Crippen LogP contribution in [0.4, 0.5) is 10.5 Å². The normalized spacial score (nSPS) is 18.9. The third kappa shape index (κ3) is 6.23. The van der Waals surface area contributed by atoms with Crippen molar-refractivity contribution < 1.29 is 9.63 Å². The quantitative estimate of drug-likeness (QED) is 0.316. The summed E-state index contributed by atoms with van der Waals surface area (Å²) in [5.74, 6) is 0.149. The van der Waals surface area contributed by atoms with Crippen LogP contribution in [-0.2, 0) is 18.4 Å². The number of aryl methyl sites for hydroxylation is 1. The first kappa shape index (κ1) is 30.6. The lowest BCUT2D eigenvalue weighted by molar-refractivity contribution is -0.0000303. The Morgan fingerprint density at radius 1 is 1.09 bits per heavy atom. The van der Waals surface area contributed by atoms with Crippen molar-refractivity contribution in [2.24, 2.45) is 18.1 Å². The van der Waals surface area contributed by atoms with Gasteiger partial charge in [0.2, 0.25) is 0 Å². The third-order valence-electron chi connectivity index (χ3n) is 8.41. The minimum absolute atomic E-state index is 0.0274. The molecule has 1 aliphatic heterocycles. The summed E-state index contributed by atoms with van der Waals surface area (Å²) in [6.07, 6.45) is 3.27. The van der Waals surface area contributed by atoms with Crippen molar-refractivity contribution in [3.05, 3.63) is 69.1 Å². The van der Waals surface area contributed by atoms with E-state index in [1.807, 2.05) is 44.9 Å². The number of carbonyl (C=O) groups excluding carboxylic acids is 1. The SMILES string of the molecule is Cn1c(=O)c(C#N)c(N(C)[C@H]2CC[C@@H](/C(=N\OC(C)(C)C)c3ccc(CN4CCNC4=O)cc3)CC2)c2nc(C#N)ccc21. The molecule has 2 amide bonds. The number of nitriles is 2. The van der Waals surface area contributed by atoms with Gasteiger partial charge in [0, 0.05) is 45.7 Å². The lowest BCUT2D eigenvalue weighted by atomic mass is 9.80. The maximum Gasteiger partial charge on any atom is 0.317 e. The lowest BCUT2D eigenvalue weighted by Gasteiger charge is -2.37. The van der Waals surface area contributed by atoms with Gasteiger partial charge in [0.1, 0.15) is 34.5 Å². The first-order valence-electron chi connectivity index (χ1n) is 15.0. The van der Waals surface area contributed by atoms with Crippen molar-refractivity contribution in [2.45, 2.75) is 64.6 Å². The van der Waals surface area contributed by atoms with Crippen LogP contribution in [0.2, 0.25) is 0 Å². The number of fused-ring (bicyclic) bond motifs is 1. The molecule has 2 aliphatic rings. The number of nitrogens with one attached hydrogen (secondary N) is 1. The molecule has 11 nitrogen and oxygen atoms in total. The maximum absolute atomic E-state index is 13.1. The Kier molecular flexibility index (Phi) is 8.59. The van der Waals surface area contributed by atoms with Gasteiger partial charge in [0.15, 0.2) is 0 Å². The highest BCUT2D eigenvalue weighted by Gasteiger charge is 2.31. The van der Waals surface area contributed by atoms with Gasteiger partial charge in [-0.15, -0.1) is 0 Å². The van der Waals surface area contributed by atoms with Gasteiger partial charge in [0.05, 0.1) is 16.9 Å². The van der Waals surface area contributed by atoms with Crippen molar-refractivity contribution >= 4 is 28.5 Å². The van der Waals surface area contributed by atoms with Crippen LogP contribution in [0.3, 0.4) is 0 Å². The molecule has 0 spiro atoms. The molecule has 1 saturated carbocycles. The van der Waals surface area contributed by atoms with Crippen molar-refractivity contribution in [2.75, 3.05) is 25.0 Å². The number of rotatable bonds is 7. The Labute approximate surface area is 257 Å². The molecule has 3 aromatic rings. The van der Waals surface area contributed by atoms with E-state index in [1.54, 1.807) is 24.1 Å². The van der Waals surface area contributed by atoms with Crippen LogP contribution in [0.5, 0.6) is 0 Å². The number of hydrogen-bond donors (Lipinski definition) is 1. The number of anilines is 1. The molecule has 44 heavy (non-hydrogen) atoms. The van der Waals surface area contributed by atoms with Crippen LogP contribution in [0, 0.1) is 28.6 Å². The zero-order chi connectivity index (χ0) is 31.6. The molecule has 3 heterocycles. The van der Waals surface area contributed by atoms with E-state index in [-0.39, 0.29) is 34.8 Å². The Morgan fingerprint density at radius 3 is 2.39 bits per heavy atom. The number of hydrogen-bond acceptors (Lipinski definition) is 8. The zero-order valence-electron chi connectivity index (χ0n) is 25.9. The minimum atomic E-state index is -0.449. The molecule has 2 aromatic heterocycles. The molecule has 1 aliphatic carbocycles. The molecule has 228 valence electrons. The van der Waals surface area contributed by atoms with Crippen LogP contribution in [0.1, 0.15) is 68.8 Å². The topological polar surface area (TPSA) is 140 Å². The fraction of sp³-hybridized carbons (Fsp3) is 0.455. The summed E-state index contributed by atoms with van der Waals surface area (Å²) in [6.45, 7) is 7.83. The van der Waals surface area contributed by atoms with E-state index in [1.165, 1.54) is 4.57 Å². The predicted molar refractivity (Wildman–Crippen MR) is 168 cm³/mol. The van der Waals surface area contributed by atoms with Gasteiger partial charge < -0.3 is 24.5 Å². The summed E-state index contributed by atoms with van der Waals surface area (Å²) in [5, 5.41) is 27.0. The standard InChI is InChI=1S/C33H38N8O3/c1-33(2,3)44-38-28(22-8-6-21(7-9-22)20-41-17-16-36-32(41)43)23-10-13-25(14-11-23)39(4)30-26(19-35)31(42)40(5)27-15-12-24(18-34)37-29(27)30/h6-9,12,15,23,25H,10-11,13-14,16-17,20H2,1-5H3,(H,36,43)/b38-28-/t23-,25+. The van der Waals surface area contributed by atoms with Crippen molar-refractivity contribution in [1.29, 1.82) is 10.5 Å². The van der Waals surface area contributed by atoms with Crippen LogP contribution in [0.15, 0.2) is 46.3 Å². The van der Waals surface area contributed by atoms with E-state index in [2.05, 4.69) is 39.7 Å². The highest BCUT2D eigenvalue weighted by molar-refractivity contribution is 6.02. The van der Waals surface area contributed by atoms with E-state index in [0.29, 0.717) is 36.4 Å². The van der Waals surface area contributed by atoms with E-state index >= 15 is 0 Å². The van der Waals surface area contributed by atoms with Gasteiger partial charge in [-0.05, 0) is 69.7 Å². The number of amides is 2. The molecule has 2 fully saturated rings. The number of benzene rings is 1. The van der Waals surface area contributed by atoms with Gasteiger partial charge in [-0.1, -0.05) is 29.4 Å². The van der Waals surface area contributed by atoms with Crippen LogP contribution in [-0.4, -0.2) is 58.0 Å². The van der Waals surface area contributed by atoms with Gasteiger partial charge >= 0.3 is 6.03 Å². The number of pyridine rings is 2. The van der Waals surface area contributed by atoms with Gasteiger partial charge in [-0.3, -0.25) is 4.79 Å². The zero-order valence-corrected chi connectivity index (χ0v) is 25.9. The molecule has 0 atom stereocenters. The summed E-state index contributed by atoms with van der Waals surface area (Å²) >= 11 is 0. The van der Waals surface area contributed by atoms with Crippen molar-refractivity contribution in [1.82, 2.24) is 19.8 Å². The smallest absolute Gasteiger partial charge is 0.317 e. The molecule has 11 heteroatoms. The molecule has 5 rings (SSSR count). The van der Waals surface area contributed by atoms with Crippen LogP contribution in [0.25, 0.3) is 11.0 Å². The molecule has 1 saturated heterocycles. The predicted octanol–water partition coefficient (Wildman–Crippen LogP) is 4.42. The summed E-state index contributed by atoms with van der Waals surface area (Å²) in [6, 6.07) is 15.7. The summed E-state index contributed by atoms with van der Waals surface area (Å²) in [5.41, 5.74) is 3.87. The molecular formula is C33H38N8O3. The van der Waals surface area contributed by atoms with Crippen LogP contribution < -0.4 is 15.8 Å². The maximum atomic E-state index is 13.1. The molecule has 1 aromatic carbocycles. The Balaban J connectivity index is 1.39. The first-order chi connectivity index (χ1) is 21.0. The van der Waals surface area contributed by atoms with Crippen LogP contribution >= 0.6 is 0 Å². The molecular weight excluding hydrogens is 556 g/mol. The van der Waals surface area contributed by atoms with E-state index in [9.17, 15) is 20.1 Å². The van der Waals surface area contributed by atoms with Gasteiger partial charge in [0.25, 0.3) is 5.56 Å². The number of nitrogens with zero attached hydrogens (tertiary/aromatic N) is 7. The summed E-state index contributed by atoms with van der Waals surface area (Å²) in [4.78, 5) is 39.4. The van der Waals surface area contributed by atoms with E-state index in [4.69, 9.17) is 4.84 Å². The molecule has 0 unspecified atom stereocenters. The summed E-state index contributed by atoms with van der Waals surface area (Å²) in [7, 11) is 3.52. The second-order valence-corrected chi connectivity index (χ2v) is 12.5. The molecule has 0 radical (unpaired) electrons. The van der Waals surface area contributed by atoms with Gasteiger partial charge in [-0.2, -0.15) is 10.5 Å². The number of aromatic nitrogens is 2. The average molecular weight is 595 g/mol. The minimum Gasteiger partial charge on any atom is -0.390 e. The monoisotopic (exact) mass is 594 g/mol. The van der Waals surface area contributed by atoms with E-state index in [0.717, 1.165) is 42.5 Å².